The van der Waals surface area contributed by atoms with Crippen LogP contribution in [-0.4, -0.2) is 74.0 Å². The molecule has 12 heteroatoms. The van der Waals surface area contributed by atoms with Crippen molar-refractivity contribution in [3.63, 3.8) is 0 Å². The van der Waals surface area contributed by atoms with Gasteiger partial charge in [0.25, 0.3) is 0 Å². The van der Waals surface area contributed by atoms with Gasteiger partial charge in [-0.1, -0.05) is 12.6 Å². The first-order chi connectivity index (χ1) is 12.8. The van der Waals surface area contributed by atoms with Crippen LogP contribution in [0.3, 0.4) is 0 Å². The number of aliphatic carboxylic acids is 1. The first-order valence-electron chi connectivity index (χ1n) is 8.54. The van der Waals surface area contributed by atoms with Crippen LogP contribution in [0.25, 0.3) is 11.2 Å². The molecule has 0 amide bonds. The van der Waals surface area contributed by atoms with E-state index in [1.165, 1.54) is 17.2 Å². The van der Waals surface area contributed by atoms with E-state index in [9.17, 15) is 15.0 Å². The number of carboxylic acid groups (broad SMARTS) is 1. The van der Waals surface area contributed by atoms with E-state index in [2.05, 4.69) is 15.0 Å². The Bertz CT molecular complexity index is 819. The molecular weight excluding hydrogens is 372 g/mol. The maximum Gasteiger partial charge on any atom is 0.320 e. The number of nitrogens with two attached hydrogens (primary N) is 2. The van der Waals surface area contributed by atoms with Crippen LogP contribution in [0.2, 0.25) is 18.6 Å². The molecule has 3 rings (SSSR count). The molecule has 27 heavy (non-hydrogen) atoms. The van der Waals surface area contributed by atoms with Crippen LogP contribution in [-0.2, 0) is 9.53 Å². The maximum absolute atomic E-state index is 10.8. The standard InChI is InChI=1S/C15H23N6O5Si/c1-27(3-2-7(16)15(24)25)4-8-10(22)11(23)14(26-8)21-6-20-9-12(17)18-5-19-13(9)21/h5-8,10-11,14,22-23H,2-4,16H2,1H3,(H,24,25)(H2,17,18,19)/t7-,8?,10?,11?,14+/m0/s1. The molecule has 1 fully saturated rings. The van der Waals surface area contributed by atoms with Gasteiger partial charge < -0.3 is 31.5 Å². The summed E-state index contributed by atoms with van der Waals surface area (Å²) in [5.41, 5.74) is 12.1. The first kappa shape index (κ1) is 19.6. The van der Waals surface area contributed by atoms with Crippen molar-refractivity contribution < 1.29 is 24.9 Å². The zero-order valence-electron chi connectivity index (χ0n) is 14.8. The number of aromatic nitrogens is 4. The average Bonchev–Trinajstić information content (AvgIpc) is 3.17. The number of hydrogen-bond acceptors (Lipinski definition) is 9. The lowest BCUT2D eigenvalue weighted by Gasteiger charge is -2.19. The highest BCUT2D eigenvalue weighted by Gasteiger charge is 2.44. The van der Waals surface area contributed by atoms with Crippen molar-refractivity contribution in [3.05, 3.63) is 12.7 Å². The summed E-state index contributed by atoms with van der Waals surface area (Å²) in [4.78, 5) is 23.0. The van der Waals surface area contributed by atoms with E-state index >= 15 is 0 Å². The molecule has 11 nitrogen and oxygen atoms in total. The molecule has 0 aliphatic carbocycles. The summed E-state index contributed by atoms with van der Waals surface area (Å²) in [5.74, 6) is -0.803. The lowest BCUT2D eigenvalue weighted by molar-refractivity contribution is -0.138. The number of aliphatic hydroxyl groups excluding tert-OH is 2. The van der Waals surface area contributed by atoms with Gasteiger partial charge in [-0.05, 0) is 12.5 Å². The first-order valence-corrected chi connectivity index (χ1v) is 10.9. The Morgan fingerprint density at radius 3 is 2.81 bits per heavy atom. The number of rotatable bonds is 7. The third kappa shape index (κ3) is 3.94. The summed E-state index contributed by atoms with van der Waals surface area (Å²) in [5, 5.41) is 29.7. The molecule has 0 bridgehead atoms. The zero-order chi connectivity index (χ0) is 19.7. The summed E-state index contributed by atoms with van der Waals surface area (Å²) in [6.45, 7) is 2.02. The van der Waals surface area contributed by atoms with Crippen LogP contribution in [0.4, 0.5) is 5.82 Å². The second-order valence-electron chi connectivity index (χ2n) is 6.77. The number of carboxylic acids is 1. The van der Waals surface area contributed by atoms with Gasteiger partial charge >= 0.3 is 5.97 Å². The third-order valence-corrected chi connectivity index (χ3v) is 6.99. The van der Waals surface area contributed by atoms with Gasteiger partial charge in [-0.2, -0.15) is 0 Å². The lowest BCUT2D eigenvalue weighted by Crippen LogP contribution is -2.34. The van der Waals surface area contributed by atoms with E-state index in [4.69, 9.17) is 21.3 Å². The Kier molecular flexibility index (Phi) is 5.71. The number of aliphatic hydroxyl groups is 2. The molecule has 1 saturated heterocycles. The van der Waals surface area contributed by atoms with Gasteiger partial charge in [0.2, 0.25) is 0 Å². The van der Waals surface area contributed by atoms with E-state index in [0.29, 0.717) is 29.7 Å². The summed E-state index contributed by atoms with van der Waals surface area (Å²) >= 11 is 0. The molecule has 3 unspecified atom stereocenters. The fraction of sp³-hybridized carbons (Fsp3) is 0.600. The van der Waals surface area contributed by atoms with Crippen LogP contribution in [0, 0.1) is 0 Å². The zero-order valence-corrected chi connectivity index (χ0v) is 15.8. The smallest absolute Gasteiger partial charge is 0.320 e. The molecule has 5 atom stereocenters. The van der Waals surface area contributed by atoms with Gasteiger partial charge in [0.15, 0.2) is 17.7 Å². The average molecular weight is 395 g/mol. The number of hydrogen-bond donors (Lipinski definition) is 5. The topological polar surface area (TPSA) is 183 Å². The molecule has 1 aliphatic rings. The minimum atomic E-state index is -1.15. The van der Waals surface area contributed by atoms with E-state index in [0.717, 1.165) is 0 Å². The van der Waals surface area contributed by atoms with E-state index in [1.54, 1.807) is 0 Å². The van der Waals surface area contributed by atoms with E-state index in [1.807, 2.05) is 6.55 Å². The fourth-order valence-corrected chi connectivity index (χ4v) is 5.19. The van der Waals surface area contributed by atoms with Crippen LogP contribution < -0.4 is 11.5 Å². The Morgan fingerprint density at radius 1 is 1.37 bits per heavy atom. The van der Waals surface area contributed by atoms with Gasteiger partial charge in [-0.15, -0.1) is 0 Å². The molecule has 1 radical (unpaired) electrons. The second-order valence-corrected chi connectivity index (χ2v) is 9.60. The minimum Gasteiger partial charge on any atom is -0.480 e. The normalized spacial score (nSPS) is 26.7. The van der Waals surface area contributed by atoms with Crippen molar-refractivity contribution in [2.24, 2.45) is 5.73 Å². The van der Waals surface area contributed by atoms with Crippen molar-refractivity contribution in [2.75, 3.05) is 5.73 Å². The molecule has 2 aromatic heterocycles. The molecule has 3 heterocycles. The molecule has 1 aliphatic heterocycles. The number of carbonyl (C=O) groups is 1. The summed E-state index contributed by atoms with van der Waals surface area (Å²) in [6, 6.07) is 0.332. The van der Waals surface area contributed by atoms with Crippen molar-refractivity contribution in [2.45, 2.75) is 55.6 Å². The van der Waals surface area contributed by atoms with Gasteiger partial charge in [-0.25, -0.2) is 15.0 Å². The molecule has 0 spiro atoms. The Morgan fingerprint density at radius 2 is 2.11 bits per heavy atom. The summed E-state index contributed by atoms with van der Waals surface area (Å²) in [7, 11) is -1.01. The number of ether oxygens (including phenoxy) is 1. The van der Waals surface area contributed by atoms with Crippen LogP contribution >= 0.6 is 0 Å². The van der Waals surface area contributed by atoms with Gasteiger partial charge in [0, 0.05) is 8.80 Å². The Hall–Kier alpha value is -2.12. The molecule has 147 valence electrons. The van der Waals surface area contributed by atoms with E-state index in [-0.39, 0.29) is 5.82 Å². The fourth-order valence-electron chi connectivity index (χ4n) is 3.15. The van der Waals surface area contributed by atoms with Gasteiger partial charge in [0.1, 0.15) is 30.1 Å². The SMILES string of the molecule is C[Si](CC[C@H](N)C(=O)O)CC1O[C@@H](n2cnc3c(N)ncnc32)C(O)C1O. The predicted octanol–water partition coefficient (Wildman–Crippen LogP) is -1.05. The molecular formula is C15H23N6O5Si. The number of nitrogens with zero attached hydrogens (tertiary/aromatic N) is 4. The summed E-state index contributed by atoms with van der Waals surface area (Å²) < 4.78 is 7.43. The van der Waals surface area contributed by atoms with Crippen molar-refractivity contribution in [1.29, 1.82) is 0 Å². The molecule has 2 aromatic rings. The number of anilines is 1. The monoisotopic (exact) mass is 395 g/mol. The number of nitrogen functional groups attached to an aromatic ring is 1. The maximum atomic E-state index is 10.8. The minimum absolute atomic E-state index is 0.220. The number of imidazole rings is 1. The van der Waals surface area contributed by atoms with E-state index < -0.39 is 45.3 Å². The Labute approximate surface area is 156 Å². The van der Waals surface area contributed by atoms with Gasteiger partial charge in [0.05, 0.1) is 12.4 Å². The molecule has 0 aromatic carbocycles. The third-order valence-electron chi connectivity index (χ3n) is 4.75. The highest BCUT2D eigenvalue weighted by Crippen LogP contribution is 2.34. The van der Waals surface area contributed by atoms with Crippen molar-refractivity contribution >= 4 is 31.7 Å². The lowest BCUT2D eigenvalue weighted by atomic mass is 10.1. The van der Waals surface area contributed by atoms with Crippen molar-refractivity contribution in [3.8, 4) is 0 Å². The van der Waals surface area contributed by atoms with Crippen LogP contribution in [0.1, 0.15) is 12.6 Å². The largest absolute Gasteiger partial charge is 0.480 e. The van der Waals surface area contributed by atoms with Crippen molar-refractivity contribution in [1.82, 2.24) is 19.5 Å². The van der Waals surface area contributed by atoms with Gasteiger partial charge in [-0.3, -0.25) is 9.36 Å². The molecule has 7 N–H and O–H groups in total. The van der Waals surface area contributed by atoms with Crippen LogP contribution in [0.15, 0.2) is 12.7 Å². The second kappa shape index (κ2) is 7.86. The highest BCUT2D eigenvalue weighted by atomic mass is 28.3. The highest BCUT2D eigenvalue weighted by molar-refractivity contribution is 6.57. The number of fused-ring (bicyclic) bond motifs is 1. The Balaban J connectivity index is 1.68. The quantitative estimate of drug-likeness (QED) is 0.363. The summed E-state index contributed by atoms with van der Waals surface area (Å²) in [6.07, 6.45) is -0.523. The molecule has 0 saturated carbocycles. The predicted molar refractivity (Wildman–Crippen MR) is 97.1 cm³/mol. The van der Waals surface area contributed by atoms with Crippen LogP contribution in [0.5, 0.6) is 0 Å².